The second kappa shape index (κ2) is 8.43. The summed E-state index contributed by atoms with van der Waals surface area (Å²) in [6.07, 6.45) is 5.73. The van der Waals surface area contributed by atoms with E-state index < -0.39 is 0 Å². The third-order valence-electron chi connectivity index (χ3n) is 5.92. The highest BCUT2D eigenvalue weighted by Crippen LogP contribution is 2.36. The van der Waals surface area contributed by atoms with Crippen LogP contribution in [0.4, 0.5) is 5.95 Å². The topological polar surface area (TPSA) is 67.2 Å². The lowest BCUT2D eigenvalue weighted by Crippen LogP contribution is -2.40. The van der Waals surface area contributed by atoms with Crippen LogP contribution in [0.5, 0.6) is 0 Å². The summed E-state index contributed by atoms with van der Waals surface area (Å²) < 4.78 is 1.87. The Hall–Kier alpha value is -3.12. The number of rotatable bonds is 7. The van der Waals surface area contributed by atoms with Gasteiger partial charge in [-0.05, 0) is 56.9 Å². The molecule has 3 aromatic rings. The summed E-state index contributed by atoms with van der Waals surface area (Å²) in [4.78, 5) is 32.0. The van der Waals surface area contributed by atoms with E-state index in [2.05, 4.69) is 5.32 Å². The van der Waals surface area contributed by atoms with Crippen molar-refractivity contribution in [3.63, 3.8) is 0 Å². The summed E-state index contributed by atoms with van der Waals surface area (Å²) >= 11 is 6.03. The second-order valence-corrected chi connectivity index (χ2v) is 9.12. The van der Waals surface area contributed by atoms with Crippen molar-refractivity contribution in [2.45, 2.75) is 38.6 Å². The first kappa shape index (κ1) is 20.8. The van der Waals surface area contributed by atoms with Gasteiger partial charge in [0.1, 0.15) is 6.54 Å². The van der Waals surface area contributed by atoms with Crippen molar-refractivity contribution in [1.29, 1.82) is 0 Å². The maximum absolute atomic E-state index is 13.0. The van der Waals surface area contributed by atoms with E-state index in [1.165, 1.54) is 0 Å². The van der Waals surface area contributed by atoms with Gasteiger partial charge < -0.3 is 4.90 Å². The van der Waals surface area contributed by atoms with Crippen molar-refractivity contribution in [1.82, 2.24) is 14.5 Å². The average Bonchev–Trinajstić information content (AvgIpc) is 3.70. The van der Waals surface area contributed by atoms with Gasteiger partial charge in [-0.15, -0.1) is 0 Å². The molecule has 0 bridgehead atoms. The van der Waals surface area contributed by atoms with Crippen molar-refractivity contribution < 1.29 is 9.59 Å². The van der Waals surface area contributed by atoms with Gasteiger partial charge in [0.05, 0.1) is 5.69 Å². The van der Waals surface area contributed by atoms with E-state index in [1.807, 2.05) is 66.2 Å². The predicted molar refractivity (Wildman–Crippen MR) is 125 cm³/mol. The van der Waals surface area contributed by atoms with Crippen molar-refractivity contribution in [2.24, 2.45) is 5.92 Å². The van der Waals surface area contributed by atoms with E-state index in [0.29, 0.717) is 11.0 Å². The molecule has 0 aliphatic heterocycles. The zero-order valence-corrected chi connectivity index (χ0v) is 18.7. The average molecular weight is 449 g/mol. The number of halogens is 1. The highest BCUT2D eigenvalue weighted by atomic mass is 35.5. The number of carbonyl (C=O) groups excluding carboxylic acids is 2. The summed E-state index contributed by atoms with van der Waals surface area (Å²) in [7, 11) is 0. The van der Waals surface area contributed by atoms with Crippen molar-refractivity contribution in [3.8, 4) is 16.9 Å². The number of nitrogens with zero attached hydrogens (tertiary/aromatic N) is 3. The lowest BCUT2D eigenvalue weighted by atomic mass is 10.2. The van der Waals surface area contributed by atoms with Crippen LogP contribution in [0.25, 0.3) is 16.9 Å². The summed E-state index contributed by atoms with van der Waals surface area (Å²) in [6.45, 7) is 2.10. The van der Waals surface area contributed by atoms with Gasteiger partial charge in [0.25, 0.3) is 0 Å². The molecule has 1 aromatic heterocycles. The van der Waals surface area contributed by atoms with Crippen LogP contribution in [0.1, 0.15) is 31.2 Å². The van der Waals surface area contributed by atoms with Gasteiger partial charge in [-0.3, -0.25) is 19.5 Å². The molecule has 7 heteroatoms. The van der Waals surface area contributed by atoms with Crippen LogP contribution in [0.2, 0.25) is 5.02 Å². The molecule has 2 amide bonds. The fourth-order valence-corrected chi connectivity index (χ4v) is 3.91. The van der Waals surface area contributed by atoms with Crippen LogP contribution in [0.15, 0.2) is 54.7 Å². The minimum Gasteiger partial charge on any atom is -0.330 e. The molecule has 164 valence electrons. The maximum atomic E-state index is 13.0. The number of nitrogens with one attached hydrogen (secondary N) is 1. The first-order valence-corrected chi connectivity index (χ1v) is 11.4. The maximum Gasteiger partial charge on any atom is 0.246 e. The van der Waals surface area contributed by atoms with Gasteiger partial charge in [-0.25, -0.2) is 4.98 Å². The molecule has 6 nitrogen and oxygen atoms in total. The number of hydrogen-bond donors (Lipinski definition) is 1. The first-order valence-electron chi connectivity index (χ1n) is 11.0. The Balaban J connectivity index is 1.42. The van der Waals surface area contributed by atoms with Gasteiger partial charge in [0, 0.05) is 34.4 Å². The summed E-state index contributed by atoms with van der Waals surface area (Å²) in [6, 6.07) is 15.7. The molecule has 1 N–H and O–H groups in total. The normalized spacial score (nSPS) is 15.4. The van der Waals surface area contributed by atoms with Crippen LogP contribution >= 0.6 is 11.6 Å². The van der Waals surface area contributed by atoms with E-state index in [9.17, 15) is 9.59 Å². The monoisotopic (exact) mass is 448 g/mol. The van der Waals surface area contributed by atoms with Crippen molar-refractivity contribution in [2.75, 3.05) is 11.9 Å². The number of anilines is 1. The smallest absolute Gasteiger partial charge is 0.246 e. The SMILES string of the molecule is Cc1ccc(-n2cc(-c3ccc(Cl)cc3)nc2NC(=O)CN(C(=O)C2CC2)C2CC2)cc1. The van der Waals surface area contributed by atoms with E-state index >= 15 is 0 Å². The molecule has 5 rings (SSSR count). The highest BCUT2D eigenvalue weighted by molar-refractivity contribution is 6.30. The Morgan fingerprint density at radius 2 is 1.75 bits per heavy atom. The van der Waals surface area contributed by atoms with E-state index in [4.69, 9.17) is 16.6 Å². The minimum atomic E-state index is -0.229. The van der Waals surface area contributed by atoms with Crippen LogP contribution in [0.3, 0.4) is 0 Å². The Labute approximate surface area is 192 Å². The number of amides is 2. The van der Waals surface area contributed by atoms with Gasteiger partial charge in [0.2, 0.25) is 17.8 Å². The van der Waals surface area contributed by atoms with Crippen LogP contribution < -0.4 is 5.32 Å². The number of benzene rings is 2. The molecule has 2 fully saturated rings. The first-order chi connectivity index (χ1) is 15.5. The van der Waals surface area contributed by atoms with E-state index in [1.54, 1.807) is 4.90 Å². The van der Waals surface area contributed by atoms with E-state index in [0.717, 1.165) is 48.2 Å². The molecule has 0 spiro atoms. The molecular formula is C25H25ClN4O2. The Bertz CT molecular complexity index is 1150. The van der Waals surface area contributed by atoms with Gasteiger partial charge in [-0.1, -0.05) is 41.4 Å². The molecular weight excluding hydrogens is 424 g/mol. The van der Waals surface area contributed by atoms with Crippen LogP contribution in [-0.4, -0.2) is 38.9 Å². The highest BCUT2D eigenvalue weighted by Gasteiger charge is 2.40. The fourth-order valence-electron chi connectivity index (χ4n) is 3.79. The number of aromatic nitrogens is 2. The van der Waals surface area contributed by atoms with Crippen molar-refractivity contribution in [3.05, 3.63) is 65.3 Å². The number of imidazole rings is 1. The quantitative estimate of drug-likeness (QED) is 0.562. The molecule has 0 radical (unpaired) electrons. The van der Waals surface area contributed by atoms with Crippen LogP contribution in [0, 0.1) is 12.8 Å². The molecule has 2 saturated carbocycles. The largest absolute Gasteiger partial charge is 0.330 e. The van der Waals surface area contributed by atoms with E-state index in [-0.39, 0.29) is 30.3 Å². The number of carbonyl (C=O) groups is 2. The lowest BCUT2D eigenvalue weighted by molar-refractivity contribution is -0.136. The Kier molecular flexibility index (Phi) is 5.47. The zero-order valence-electron chi connectivity index (χ0n) is 17.9. The molecule has 2 aromatic carbocycles. The third kappa shape index (κ3) is 4.55. The fraction of sp³-hybridized carbons (Fsp3) is 0.320. The zero-order chi connectivity index (χ0) is 22.2. The lowest BCUT2D eigenvalue weighted by Gasteiger charge is -2.21. The third-order valence-corrected chi connectivity index (χ3v) is 6.17. The molecule has 0 saturated heterocycles. The predicted octanol–water partition coefficient (Wildman–Crippen LogP) is 4.84. The molecule has 2 aliphatic carbocycles. The molecule has 0 unspecified atom stereocenters. The Morgan fingerprint density at radius 1 is 1.06 bits per heavy atom. The van der Waals surface area contributed by atoms with Gasteiger partial charge >= 0.3 is 0 Å². The summed E-state index contributed by atoms with van der Waals surface area (Å²) in [5.74, 6) is 0.423. The number of hydrogen-bond acceptors (Lipinski definition) is 3. The van der Waals surface area contributed by atoms with Gasteiger partial charge in [-0.2, -0.15) is 0 Å². The second-order valence-electron chi connectivity index (χ2n) is 8.68. The summed E-state index contributed by atoms with van der Waals surface area (Å²) in [5, 5.41) is 3.60. The summed E-state index contributed by atoms with van der Waals surface area (Å²) in [5.41, 5.74) is 3.67. The Morgan fingerprint density at radius 3 is 2.38 bits per heavy atom. The molecule has 2 aliphatic rings. The number of aryl methyl sites for hydroxylation is 1. The standard InChI is InChI=1S/C25H25ClN4O2/c1-16-2-10-21(11-3-16)30-14-22(17-6-8-19(26)9-7-17)27-25(30)28-23(31)15-29(20-12-13-20)24(32)18-4-5-18/h2-3,6-11,14,18,20H,4-5,12-13,15H2,1H3,(H,27,28,31). The minimum absolute atomic E-state index is 0.0665. The molecule has 1 heterocycles. The molecule has 0 atom stereocenters. The molecule has 32 heavy (non-hydrogen) atoms. The van der Waals surface area contributed by atoms with Crippen LogP contribution in [-0.2, 0) is 9.59 Å². The van der Waals surface area contributed by atoms with Gasteiger partial charge in [0.15, 0.2) is 0 Å². The van der Waals surface area contributed by atoms with Crippen molar-refractivity contribution >= 4 is 29.4 Å².